The standard InChI is InChI=1S/C19H23N5O2.HI/c1-20-19(22-12-14-6-3-4-9-21-14)23-15-10-18(25)24(13-15)16-7-5-8-17(11-16)26-2;/h3-9,11,15H,10,12-13H2,1-2H3,(H2,20,22,23);1H. The molecule has 8 heteroatoms. The Bertz CT molecular complexity index is 785. The first kappa shape index (κ1) is 20.9. The molecule has 0 saturated carbocycles. The van der Waals surface area contributed by atoms with Gasteiger partial charge in [0.15, 0.2) is 5.96 Å². The minimum absolute atomic E-state index is 0. The molecule has 2 heterocycles. The van der Waals surface area contributed by atoms with Crippen molar-refractivity contribution < 1.29 is 9.53 Å². The van der Waals surface area contributed by atoms with Crippen molar-refractivity contribution in [2.24, 2.45) is 4.99 Å². The van der Waals surface area contributed by atoms with E-state index in [0.29, 0.717) is 25.5 Å². The Labute approximate surface area is 176 Å². The van der Waals surface area contributed by atoms with E-state index >= 15 is 0 Å². The lowest BCUT2D eigenvalue weighted by Crippen LogP contribution is -2.44. The molecule has 1 amide bonds. The quantitative estimate of drug-likeness (QED) is 0.389. The number of methoxy groups -OCH3 is 1. The van der Waals surface area contributed by atoms with E-state index in [2.05, 4.69) is 20.6 Å². The summed E-state index contributed by atoms with van der Waals surface area (Å²) in [5.74, 6) is 1.47. The molecule has 1 aromatic carbocycles. The number of amides is 1. The minimum Gasteiger partial charge on any atom is -0.497 e. The van der Waals surface area contributed by atoms with Crippen LogP contribution in [0, 0.1) is 0 Å². The Morgan fingerprint density at radius 2 is 2.19 bits per heavy atom. The van der Waals surface area contributed by atoms with Crippen molar-refractivity contribution in [3.63, 3.8) is 0 Å². The number of rotatable bonds is 5. The third-order valence-corrected chi connectivity index (χ3v) is 4.22. The third-order valence-electron chi connectivity index (χ3n) is 4.22. The number of guanidine groups is 1. The largest absolute Gasteiger partial charge is 0.497 e. The summed E-state index contributed by atoms with van der Waals surface area (Å²) >= 11 is 0. The van der Waals surface area contributed by atoms with E-state index in [-0.39, 0.29) is 35.9 Å². The number of nitrogens with zero attached hydrogens (tertiary/aromatic N) is 3. The maximum absolute atomic E-state index is 12.4. The molecule has 2 N–H and O–H groups in total. The number of carbonyl (C=O) groups is 1. The number of benzene rings is 1. The fraction of sp³-hybridized carbons (Fsp3) is 0.316. The molecule has 1 atom stereocenters. The lowest BCUT2D eigenvalue weighted by Gasteiger charge is -2.19. The highest BCUT2D eigenvalue weighted by molar-refractivity contribution is 14.0. The second kappa shape index (κ2) is 10.1. The van der Waals surface area contributed by atoms with Gasteiger partial charge < -0.3 is 20.3 Å². The van der Waals surface area contributed by atoms with Gasteiger partial charge >= 0.3 is 0 Å². The van der Waals surface area contributed by atoms with Crippen LogP contribution in [-0.4, -0.2) is 43.6 Å². The molecule has 3 rings (SSSR count). The molecule has 0 aliphatic carbocycles. The number of aliphatic imine (C=N–C) groups is 1. The Balaban J connectivity index is 0.00000261. The summed E-state index contributed by atoms with van der Waals surface area (Å²) in [7, 11) is 3.33. The van der Waals surface area contributed by atoms with E-state index in [1.165, 1.54) is 0 Å². The summed E-state index contributed by atoms with van der Waals surface area (Å²) in [5, 5.41) is 6.54. The number of nitrogens with one attached hydrogen (secondary N) is 2. The number of aromatic nitrogens is 1. The number of anilines is 1. The topological polar surface area (TPSA) is 78.8 Å². The van der Waals surface area contributed by atoms with Gasteiger partial charge in [0.05, 0.1) is 25.4 Å². The van der Waals surface area contributed by atoms with Crippen LogP contribution in [0.1, 0.15) is 12.1 Å². The predicted molar refractivity (Wildman–Crippen MR) is 117 cm³/mol. The van der Waals surface area contributed by atoms with Crippen molar-refractivity contribution in [2.75, 3.05) is 25.6 Å². The van der Waals surface area contributed by atoms with Crippen LogP contribution in [0.3, 0.4) is 0 Å². The highest BCUT2D eigenvalue weighted by atomic mass is 127. The summed E-state index contributed by atoms with van der Waals surface area (Å²) in [6.45, 7) is 1.15. The van der Waals surface area contributed by atoms with E-state index in [4.69, 9.17) is 4.74 Å². The van der Waals surface area contributed by atoms with E-state index in [9.17, 15) is 4.79 Å². The number of carbonyl (C=O) groups excluding carboxylic acids is 1. The lowest BCUT2D eigenvalue weighted by molar-refractivity contribution is -0.117. The monoisotopic (exact) mass is 481 g/mol. The molecule has 27 heavy (non-hydrogen) atoms. The van der Waals surface area contributed by atoms with Gasteiger partial charge in [-0.2, -0.15) is 0 Å². The van der Waals surface area contributed by atoms with Crippen molar-refractivity contribution >= 4 is 41.5 Å². The second-order valence-electron chi connectivity index (χ2n) is 6.00. The number of pyridine rings is 1. The zero-order valence-electron chi connectivity index (χ0n) is 15.4. The smallest absolute Gasteiger partial charge is 0.229 e. The van der Waals surface area contributed by atoms with Crippen LogP contribution in [-0.2, 0) is 11.3 Å². The average Bonchev–Trinajstić information content (AvgIpc) is 3.06. The maximum atomic E-state index is 12.4. The minimum atomic E-state index is -0.0105. The fourth-order valence-electron chi connectivity index (χ4n) is 2.90. The molecule has 0 radical (unpaired) electrons. The number of hydrogen-bond acceptors (Lipinski definition) is 4. The van der Waals surface area contributed by atoms with Crippen LogP contribution in [0.4, 0.5) is 5.69 Å². The van der Waals surface area contributed by atoms with E-state index in [1.54, 1.807) is 25.3 Å². The van der Waals surface area contributed by atoms with Gasteiger partial charge in [-0.25, -0.2) is 0 Å². The summed E-state index contributed by atoms with van der Waals surface area (Å²) < 4.78 is 5.24. The van der Waals surface area contributed by atoms with Crippen LogP contribution >= 0.6 is 24.0 Å². The molecule has 1 aromatic heterocycles. The van der Waals surface area contributed by atoms with Gasteiger partial charge in [0, 0.05) is 38.0 Å². The Morgan fingerprint density at radius 1 is 1.33 bits per heavy atom. The van der Waals surface area contributed by atoms with Crippen molar-refractivity contribution in [3.8, 4) is 5.75 Å². The summed E-state index contributed by atoms with van der Waals surface area (Å²) in [6.07, 6.45) is 2.18. The average molecular weight is 481 g/mol. The summed E-state index contributed by atoms with van der Waals surface area (Å²) in [5.41, 5.74) is 1.77. The highest BCUT2D eigenvalue weighted by Crippen LogP contribution is 2.25. The molecule has 0 bridgehead atoms. The molecule has 1 unspecified atom stereocenters. The van der Waals surface area contributed by atoms with Gasteiger partial charge in [-0.15, -0.1) is 24.0 Å². The lowest BCUT2D eigenvalue weighted by atomic mass is 10.2. The molecule has 0 spiro atoms. The number of hydrogen-bond donors (Lipinski definition) is 2. The van der Waals surface area contributed by atoms with Crippen LogP contribution in [0.15, 0.2) is 53.7 Å². The molecular weight excluding hydrogens is 457 g/mol. The van der Waals surface area contributed by atoms with Crippen LogP contribution in [0.5, 0.6) is 5.75 Å². The SMILES string of the molecule is CN=C(NCc1ccccn1)NC1CC(=O)N(c2cccc(OC)c2)C1.I. The van der Waals surface area contributed by atoms with Gasteiger partial charge in [0.25, 0.3) is 0 Å². The van der Waals surface area contributed by atoms with Crippen molar-refractivity contribution in [1.82, 2.24) is 15.6 Å². The van der Waals surface area contributed by atoms with Gasteiger partial charge in [-0.05, 0) is 24.3 Å². The normalized spacial score (nSPS) is 16.7. The van der Waals surface area contributed by atoms with Crippen LogP contribution in [0.2, 0.25) is 0 Å². The molecule has 144 valence electrons. The molecule has 1 fully saturated rings. The van der Waals surface area contributed by atoms with Crippen molar-refractivity contribution in [1.29, 1.82) is 0 Å². The molecule has 1 aliphatic heterocycles. The molecule has 1 aliphatic rings. The maximum Gasteiger partial charge on any atom is 0.229 e. The molecular formula is C19H24IN5O2. The first-order valence-electron chi connectivity index (χ1n) is 8.51. The molecule has 1 saturated heterocycles. The molecule has 7 nitrogen and oxygen atoms in total. The Morgan fingerprint density at radius 3 is 2.89 bits per heavy atom. The Kier molecular flexibility index (Phi) is 7.83. The van der Waals surface area contributed by atoms with Crippen molar-refractivity contribution in [2.45, 2.75) is 19.0 Å². The Hall–Kier alpha value is -2.36. The molecule has 2 aromatic rings. The van der Waals surface area contributed by atoms with E-state index in [1.807, 2.05) is 42.5 Å². The van der Waals surface area contributed by atoms with Crippen LogP contribution < -0.4 is 20.3 Å². The highest BCUT2D eigenvalue weighted by Gasteiger charge is 2.31. The summed E-state index contributed by atoms with van der Waals surface area (Å²) in [4.78, 5) is 22.7. The van der Waals surface area contributed by atoms with Crippen LogP contribution in [0.25, 0.3) is 0 Å². The van der Waals surface area contributed by atoms with Gasteiger partial charge in [-0.3, -0.25) is 14.8 Å². The van der Waals surface area contributed by atoms with E-state index in [0.717, 1.165) is 17.1 Å². The first-order chi connectivity index (χ1) is 12.7. The zero-order chi connectivity index (χ0) is 18.4. The van der Waals surface area contributed by atoms with Gasteiger partial charge in [-0.1, -0.05) is 12.1 Å². The van der Waals surface area contributed by atoms with Gasteiger partial charge in [0.2, 0.25) is 5.91 Å². The van der Waals surface area contributed by atoms with Gasteiger partial charge in [0.1, 0.15) is 5.75 Å². The number of ether oxygens (including phenoxy) is 1. The second-order valence-corrected chi connectivity index (χ2v) is 6.00. The third kappa shape index (κ3) is 5.56. The number of halogens is 1. The summed E-state index contributed by atoms with van der Waals surface area (Å²) in [6, 6.07) is 13.3. The first-order valence-corrected chi connectivity index (χ1v) is 8.51. The predicted octanol–water partition coefficient (Wildman–Crippen LogP) is 2.18. The fourth-order valence-corrected chi connectivity index (χ4v) is 2.90. The van der Waals surface area contributed by atoms with Crippen molar-refractivity contribution in [3.05, 3.63) is 54.4 Å². The van der Waals surface area contributed by atoms with E-state index < -0.39 is 0 Å². The zero-order valence-corrected chi connectivity index (χ0v) is 17.7.